The van der Waals surface area contributed by atoms with Gasteiger partial charge >= 0.3 is 17.6 Å². The molecular formula is C21H31N5O14. The van der Waals surface area contributed by atoms with Crippen LogP contribution in [0.4, 0.5) is 5.82 Å². The molecule has 1 saturated heterocycles. The summed E-state index contributed by atoms with van der Waals surface area (Å²) in [6.45, 7) is -1.80. The van der Waals surface area contributed by atoms with Gasteiger partial charge in [0.2, 0.25) is 11.8 Å². The quantitative estimate of drug-likeness (QED) is 0.104. The van der Waals surface area contributed by atoms with Crippen LogP contribution >= 0.6 is 0 Å². The number of rotatable bonds is 13. The van der Waals surface area contributed by atoms with Crippen molar-refractivity contribution in [2.45, 2.75) is 68.3 Å². The number of carbonyl (C=O) groups excluding carboxylic acids is 2. The number of nitrogens with one attached hydrogen (secondary N) is 2. The lowest BCUT2D eigenvalue weighted by Gasteiger charge is -2.46. The van der Waals surface area contributed by atoms with Crippen molar-refractivity contribution in [1.82, 2.24) is 20.2 Å². The molecule has 0 aromatic carbocycles. The normalized spacial score (nSPS) is 25.7. The summed E-state index contributed by atoms with van der Waals surface area (Å²) in [5.74, 6) is -8.60. The van der Waals surface area contributed by atoms with Gasteiger partial charge in [-0.15, -0.1) is 0 Å². The molecule has 224 valence electrons. The number of aliphatic hydroxyl groups excluding tert-OH is 5. The molecule has 40 heavy (non-hydrogen) atoms. The predicted molar refractivity (Wildman–Crippen MR) is 127 cm³/mol. The highest BCUT2D eigenvalue weighted by Crippen LogP contribution is 2.33. The first-order chi connectivity index (χ1) is 18.6. The molecule has 0 unspecified atom stereocenters. The van der Waals surface area contributed by atoms with E-state index in [-0.39, 0.29) is 5.82 Å². The van der Waals surface area contributed by atoms with E-state index in [2.05, 4.69) is 10.3 Å². The average Bonchev–Trinajstić information content (AvgIpc) is 2.87. The van der Waals surface area contributed by atoms with Gasteiger partial charge in [-0.1, -0.05) is 0 Å². The number of carboxylic acid groups (broad SMARTS) is 2. The zero-order valence-corrected chi connectivity index (χ0v) is 21.0. The van der Waals surface area contributed by atoms with Crippen LogP contribution in [-0.2, 0) is 35.2 Å². The predicted octanol–water partition coefficient (Wildman–Crippen LogP) is -6.08. The Morgan fingerprint density at radius 1 is 1.25 bits per heavy atom. The Labute approximate surface area is 224 Å². The molecule has 1 aliphatic heterocycles. The summed E-state index contributed by atoms with van der Waals surface area (Å²) in [6, 6.07) is -2.28. The first-order valence-electron chi connectivity index (χ1n) is 11.6. The van der Waals surface area contributed by atoms with Crippen molar-refractivity contribution in [1.29, 1.82) is 0 Å². The molecule has 2 heterocycles. The first-order valence-corrected chi connectivity index (χ1v) is 11.6. The van der Waals surface area contributed by atoms with Gasteiger partial charge in [0.05, 0.1) is 25.3 Å². The second kappa shape index (κ2) is 13.6. The highest BCUT2D eigenvalue weighted by molar-refractivity contribution is 5.85. The number of carboxylic acids is 2. The number of nitrogens with two attached hydrogens (primary N) is 1. The summed E-state index contributed by atoms with van der Waals surface area (Å²) in [6.07, 6.45) is -9.25. The second-order valence-corrected chi connectivity index (χ2v) is 8.91. The molecule has 1 aliphatic rings. The smallest absolute Gasteiger partial charge is 0.364 e. The fraction of sp³-hybridized carbons (Fsp3) is 0.619. The summed E-state index contributed by atoms with van der Waals surface area (Å²) in [5.41, 5.74) is 4.46. The topological polar surface area (TPSA) is 313 Å². The summed E-state index contributed by atoms with van der Waals surface area (Å²) in [5, 5.41) is 73.7. The number of carbonyl (C=O) groups is 4. The van der Waals surface area contributed by atoms with Crippen LogP contribution in [0, 0.1) is 0 Å². The summed E-state index contributed by atoms with van der Waals surface area (Å²) >= 11 is 0. The van der Waals surface area contributed by atoms with E-state index < -0.39 is 104 Å². The maximum atomic E-state index is 12.5. The molecular weight excluding hydrogens is 546 g/mol. The largest absolute Gasteiger partial charge is 0.480 e. The minimum Gasteiger partial charge on any atom is -0.480 e. The number of ether oxygens (including phenoxy) is 2. The molecule has 8 atom stereocenters. The van der Waals surface area contributed by atoms with Crippen molar-refractivity contribution in [3.63, 3.8) is 0 Å². The van der Waals surface area contributed by atoms with Gasteiger partial charge in [-0.05, 0) is 6.07 Å². The molecule has 19 heteroatoms. The van der Waals surface area contributed by atoms with Crippen LogP contribution in [0.3, 0.4) is 0 Å². The third-order valence-electron chi connectivity index (χ3n) is 5.87. The highest BCUT2D eigenvalue weighted by Gasteiger charge is 2.56. The van der Waals surface area contributed by atoms with Crippen molar-refractivity contribution in [2.24, 2.45) is 0 Å². The zero-order valence-electron chi connectivity index (χ0n) is 21.0. The molecule has 19 nitrogen and oxygen atoms in total. The van der Waals surface area contributed by atoms with E-state index in [1.54, 1.807) is 0 Å². The molecule has 11 N–H and O–H groups in total. The first kappa shape index (κ1) is 32.5. The number of hydrogen-bond acceptors (Lipinski definition) is 14. The fourth-order valence-electron chi connectivity index (χ4n) is 3.88. The van der Waals surface area contributed by atoms with E-state index in [4.69, 9.17) is 20.3 Å². The number of nitrogen functional groups attached to an aromatic ring is 1. The second-order valence-electron chi connectivity index (χ2n) is 8.91. The van der Waals surface area contributed by atoms with Gasteiger partial charge in [0.25, 0.3) is 5.79 Å². The Hall–Kier alpha value is -3.72. The fourth-order valence-corrected chi connectivity index (χ4v) is 3.88. The third kappa shape index (κ3) is 7.91. The molecule has 1 aromatic rings. The molecule has 0 aliphatic carbocycles. The van der Waals surface area contributed by atoms with Crippen molar-refractivity contribution < 1.29 is 64.4 Å². The van der Waals surface area contributed by atoms with Gasteiger partial charge in [0.1, 0.15) is 36.8 Å². The molecule has 1 fully saturated rings. The number of amides is 2. The molecule has 2 rings (SSSR count). The van der Waals surface area contributed by atoms with Crippen molar-refractivity contribution in [2.75, 3.05) is 18.9 Å². The van der Waals surface area contributed by atoms with E-state index in [9.17, 15) is 54.6 Å². The van der Waals surface area contributed by atoms with Crippen molar-refractivity contribution >= 4 is 29.6 Å². The molecule has 0 radical (unpaired) electrons. The molecule has 0 bridgehead atoms. The van der Waals surface area contributed by atoms with Crippen LogP contribution in [0.2, 0.25) is 0 Å². The summed E-state index contributed by atoms with van der Waals surface area (Å²) < 4.78 is 11.3. The van der Waals surface area contributed by atoms with Crippen LogP contribution in [0.15, 0.2) is 17.1 Å². The number of aliphatic hydroxyl groups is 5. The Morgan fingerprint density at radius 3 is 2.42 bits per heavy atom. The van der Waals surface area contributed by atoms with Gasteiger partial charge in [-0.3, -0.25) is 14.2 Å². The lowest BCUT2D eigenvalue weighted by atomic mass is 9.88. The minimum atomic E-state index is -2.85. The van der Waals surface area contributed by atoms with Gasteiger partial charge in [0, 0.05) is 19.5 Å². The number of aliphatic carboxylic acids is 2. The van der Waals surface area contributed by atoms with Crippen molar-refractivity contribution in [3.05, 3.63) is 22.7 Å². The van der Waals surface area contributed by atoms with E-state index >= 15 is 0 Å². The number of aromatic nitrogens is 2. The standard InChI is InChI=1S/C21H31N5O14/c1-8(28)23-14-9(29)4-21(19(36)37,40-17(14)16(33)11(31)6-27)39-7-13(32)25-15(18(34)35)10(30)5-26-3-2-12(22)24-20(26)38/h2-3,9-11,14-17,27,29-31,33H,4-7H2,1H3,(H,23,28)(H,25,32)(H,34,35)(H,36,37)(H2,22,24,38)/t9-,10-,11+,14+,15-,16+,17+,21-/m0/s1. The number of anilines is 1. The monoisotopic (exact) mass is 577 g/mol. The number of hydrogen-bond donors (Lipinski definition) is 10. The minimum absolute atomic E-state index is 0.123. The summed E-state index contributed by atoms with van der Waals surface area (Å²) in [4.78, 5) is 63.1. The van der Waals surface area contributed by atoms with E-state index in [1.807, 2.05) is 5.32 Å². The maximum Gasteiger partial charge on any atom is 0.364 e. The van der Waals surface area contributed by atoms with E-state index in [1.165, 1.54) is 6.07 Å². The van der Waals surface area contributed by atoms with Gasteiger partial charge in [0.15, 0.2) is 6.04 Å². The van der Waals surface area contributed by atoms with Crippen molar-refractivity contribution in [3.8, 4) is 0 Å². The summed E-state index contributed by atoms with van der Waals surface area (Å²) in [7, 11) is 0. The lowest BCUT2D eigenvalue weighted by Crippen LogP contribution is -2.68. The Balaban J connectivity index is 2.20. The van der Waals surface area contributed by atoms with E-state index in [0.717, 1.165) is 17.7 Å². The molecule has 1 aromatic heterocycles. The van der Waals surface area contributed by atoms with Crippen LogP contribution in [0.5, 0.6) is 0 Å². The van der Waals surface area contributed by atoms with Gasteiger partial charge in [-0.2, -0.15) is 4.98 Å². The van der Waals surface area contributed by atoms with Crippen LogP contribution < -0.4 is 22.1 Å². The van der Waals surface area contributed by atoms with Gasteiger partial charge in [-0.25, -0.2) is 14.4 Å². The average molecular weight is 578 g/mol. The Morgan fingerprint density at radius 2 is 1.90 bits per heavy atom. The molecule has 0 spiro atoms. The lowest BCUT2D eigenvalue weighted by molar-refractivity contribution is -0.309. The SMILES string of the molecule is CC(=O)N[C@H]1[C@H]([C@H](O)[C@H](O)CO)O[C@](OCC(=O)N[C@H](C(=O)O)[C@@H](O)Cn2ccc(N)nc2=O)(C(=O)O)C[C@@H]1O. The van der Waals surface area contributed by atoms with Crippen LogP contribution in [0.1, 0.15) is 13.3 Å². The Bertz CT molecular complexity index is 1150. The molecule has 0 saturated carbocycles. The third-order valence-corrected chi connectivity index (χ3v) is 5.87. The van der Waals surface area contributed by atoms with Crippen LogP contribution in [0.25, 0.3) is 0 Å². The Kier molecular flexibility index (Phi) is 11.0. The van der Waals surface area contributed by atoms with Gasteiger partial charge < -0.3 is 61.6 Å². The molecule has 2 amide bonds. The van der Waals surface area contributed by atoms with E-state index in [0.29, 0.717) is 0 Å². The zero-order chi connectivity index (χ0) is 30.4. The van der Waals surface area contributed by atoms with Crippen LogP contribution in [-0.4, -0.2) is 131 Å². The highest BCUT2D eigenvalue weighted by atomic mass is 16.7. The number of nitrogens with zero attached hydrogens (tertiary/aromatic N) is 2. The maximum absolute atomic E-state index is 12.5.